The molecule has 0 heterocycles. The number of hydrogen-bond donors (Lipinski definition) is 2. The van der Waals surface area contributed by atoms with E-state index in [0.29, 0.717) is 17.0 Å². The summed E-state index contributed by atoms with van der Waals surface area (Å²) in [4.78, 5) is 24.5. The molecular formula is C24H23FN2O6S. The molecule has 0 aliphatic carbocycles. The number of ether oxygens (including phenoxy) is 2. The van der Waals surface area contributed by atoms with Crippen LogP contribution in [0.25, 0.3) is 0 Å². The van der Waals surface area contributed by atoms with E-state index in [2.05, 4.69) is 10.0 Å². The van der Waals surface area contributed by atoms with E-state index in [0.717, 1.165) is 0 Å². The van der Waals surface area contributed by atoms with Crippen molar-refractivity contribution in [1.82, 2.24) is 0 Å². The smallest absolute Gasteiger partial charge is 0.261 e. The molecule has 8 nitrogen and oxygen atoms in total. The average molecular weight is 487 g/mol. The van der Waals surface area contributed by atoms with Crippen LogP contribution in [0.2, 0.25) is 0 Å². The number of nitrogens with one attached hydrogen (secondary N) is 2. The average Bonchev–Trinajstić information content (AvgIpc) is 2.83. The highest BCUT2D eigenvalue weighted by atomic mass is 32.2. The molecule has 0 aliphatic rings. The van der Waals surface area contributed by atoms with Crippen molar-refractivity contribution in [2.24, 2.45) is 0 Å². The van der Waals surface area contributed by atoms with E-state index < -0.39 is 21.7 Å². The fourth-order valence-corrected chi connectivity index (χ4v) is 4.13. The first-order valence-electron chi connectivity index (χ1n) is 10.2. The minimum atomic E-state index is -3.96. The van der Waals surface area contributed by atoms with Crippen molar-refractivity contribution < 1.29 is 31.9 Å². The second kappa shape index (κ2) is 10.8. The Hall–Kier alpha value is -3.92. The van der Waals surface area contributed by atoms with Gasteiger partial charge in [0.1, 0.15) is 17.3 Å². The second-order valence-corrected chi connectivity index (χ2v) is 8.86. The zero-order valence-electron chi connectivity index (χ0n) is 18.5. The topological polar surface area (TPSA) is 111 Å². The number of anilines is 2. The second-order valence-electron chi connectivity index (χ2n) is 7.17. The van der Waals surface area contributed by atoms with Crippen LogP contribution in [0.3, 0.4) is 0 Å². The van der Waals surface area contributed by atoms with Crippen molar-refractivity contribution in [2.75, 3.05) is 24.3 Å². The van der Waals surface area contributed by atoms with Crippen molar-refractivity contribution in [2.45, 2.75) is 17.7 Å². The molecule has 0 aromatic heterocycles. The Morgan fingerprint density at radius 2 is 1.56 bits per heavy atom. The first kappa shape index (κ1) is 24.7. The van der Waals surface area contributed by atoms with Gasteiger partial charge in [0, 0.05) is 24.1 Å². The summed E-state index contributed by atoms with van der Waals surface area (Å²) < 4.78 is 51.4. The first-order chi connectivity index (χ1) is 16.2. The van der Waals surface area contributed by atoms with E-state index in [1.807, 2.05) is 0 Å². The van der Waals surface area contributed by atoms with E-state index in [1.165, 1.54) is 56.7 Å². The van der Waals surface area contributed by atoms with Crippen molar-refractivity contribution in [1.29, 1.82) is 0 Å². The van der Waals surface area contributed by atoms with Crippen LogP contribution in [0.1, 0.15) is 23.2 Å². The van der Waals surface area contributed by atoms with Gasteiger partial charge in [0.15, 0.2) is 5.78 Å². The van der Waals surface area contributed by atoms with E-state index in [1.54, 1.807) is 24.3 Å². The molecule has 3 aromatic rings. The number of methoxy groups -OCH3 is 2. The molecule has 10 heteroatoms. The van der Waals surface area contributed by atoms with Crippen LogP contribution in [0.15, 0.2) is 71.6 Å². The van der Waals surface area contributed by atoms with Crippen LogP contribution < -0.4 is 19.5 Å². The molecule has 0 fully saturated rings. The van der Waals surface area contributed by atoms with Gasteiger partial charge in [-0.3, -0.25) is 14.3 Å². The Kier molecular flexibility index (Phi) is 7.85. The molecule has 178 valence electrons. The Morgan fingerprint density at radius 3 is 2.18 bits per heavy atom. The maximum Gasteiger partial charge on any atom is 0.261 e. The lowest BCUT2D eigenvalue weighted by molar-refractivity contribution is -0.116. The van der Waals surface area contributed by atoms with Crippen LogP contribution >= 0.6 is 0 Å². The highest BCUT2D eigenvalue weighted by Gasteiger charge is 2.18. The van der Waals surface area contributed by atoms with Crippen LogP contribution in [0, 0.1) is 5.82 Å². The molecule has 0 unspecified atom stereocenters. The van der Waals surface area contributed by atoms with E-state index >= 15 is 0 Å². The van der Waals surface area contributed by atoms with Gasteiger partial charge in [-0.1, -0.05) is 0 Å². The van der Waals surface area contributed by atoms with E-state index in [-0.39, 0.29) is 35.0 Å². The number of hydrogen-bond acceptors (Lipinski definition) is 6. The minimum Gasteiger partial charge on any atom is -0.497 e. The maximum atomic E-state index is 13.0. The van der Waals surface area contributed by atoms with Gasteiger partial charge in [-0.05, 0) is 66.7 Å². The van der Waals surface area contributed by atoms with Gasteiger partial charge in [0.2, 0.25) is 5.91 Å². The first-order valence-corrected chi connectivity index (χ1v) is 11.6. The highest BCUT2D eigenvalue weighted by molar-refractivity contribution is 7.92. The lowest BCUT2D eigenvalue weighted by Gasteiger charge is -2.13. The number of carbonyl (C=O) groups excluding carboxylic acids is 2. The van der Waals surface area contributed by atoms with Crippen molar-refractivity contribution in [3.05, 3.63) is 78.1 Å². The maximum absolute atomic E-state index is 13.0. The van der Waals surface area contributed by atoms with E-state index in [4.69, 9.17) is 9.47 Å². The van der Waals surface area contributed by atoms with E-state index in [9.17, 15) is 22.4 Å². The van der Waals surface area contributed by atoms with Gasteiger partial charge < -0.3 is 14.8 Å². The number of ketones is 1. The standard InChI is InChI=1S/C24H23FN2O6S/c1-32-19-9-7-18(8-10-19)27-34(30,31)20-11-13-23(33-2)21(15-20)26-24(29)14-12-22(28)16-3-5-17(25)6-4-16/h3-11,13,15,27H,12,14H2,1-2H3,(H,26,29). The Bertz CT molecular complexity index is 1280. The van der Waals surface area contributed by atoms with Gasteiger partial charge in [-0.25, -0.2) is 12.8 Å². The van der Waals surface area contributed by atoms with Crippen molar-refractivity contribution >= 4 is 33.1 Å². The lowest BCUT2D eigenvalue weighted by atomic mass is 10.1. The normalized spacial score (nSPS) is 10.9. The predicted molar refractivity (Wildman–Crippen MR) is 125 cm³/mol. The molecule has 0 bridgehead atoms. The van der Waals surface area contributed by atoms with Crippen LogP contribution in [-0.4, -0.2) is 34.3 Å². The Morgan fingerprint density at radius 1 is 0.882 bits per heavy atom. The number of benzene rings is 3. The molecule has 0 saturated heterocycles. The van der Waals surface area contributed by atoms with Gasteiger partial charge in [0.25, 0.3) is 10.0 Å². The minimum absolute atomic E-state index is 0.0955. The van der Waals surface area contributed by atoms with Gasteiger partial charge >= 0.3 is 0 Å². The van der Waals surface area contributed by atoms with Crippen LogP contribution in [-0.2, 0) is 14.8 Å². The molecule has 3 rings (SSSR count). The van der Waals surface area contributed by atoms with Gasteiger partial charge in [-0.2, -0.15) is 0 Å². The summed E-state index contributed by atoms with van der Waals surface area (Å²) in [5.74, 6) is -0.455. The largest absolute Gasteiger partial charge is 0.497 e. The zero-order valence-corrected chi connectivity index (χ0v) is 19.3. The molecule has 0 atom stereocenters. The molecule has 34 heavy (non-hydrogen) atoms. The third kappa shape index (κ3) is 6.32. The molecule has 0 radical (unpaired) electrons. The molecule has 1 amide bonds. The van der Waals surface area contributed by atoms with Gasteiger partial charge in [-0.15, -0.1) is 0 Å². The fourth-order valence-electron chi connectivity index (χ4n) is 3.04. The Balaban J connectivity index is 1.70. The fraction of sp³-hybridized carbons (Fsp3) is 0.167. The number of rotatable bonds is 10. The summed E-state index contributed by atoms with van der Waals surface area (Å²) in [5.41, 5.74) is 0.769. The molecule has 0 spiro atoms. The molecule has 2 N–H and O–H groups in total. The monoisotopic (exact) mass is 486 g/mol. The third-order valence-corrected chi connectivity index (χ3v) is 6.22. The molecule has 3 aromatic carbocycles. The molecule has 0 saturated carbocycles. The summed E-state index contributed by atoms with van der Waals surface area (Å²) in [6, 6.07) is 15.4. The summed E-state index contributed by atoms with van der Waals surface area (Å²) in [6.07, 6.45) is -0.253. The summed E-state index contributed by atoms with van der Waals surface area (Å²) in [5, 5.41) is 2.58. The SMILES string of the molecule is COc1ccc(NS(=O)(=O)c2ccc(OC)c(NC(=O)CCC(=O)c3ccc(F)cc3)c2)cc1. The van der Waals surface area contributed by atoms with Crippen molar-refractivity contribution in [3.8, 4) is 11.5 Å². The number of Topliss-reactive ketones (excluding diaryl/α,β-unsaturated/α-hetero) is 1. The number of amides is 1. The highest BCUT2D eigenvalue weighted by Crippen LogP contribution is 2.29. The zero-order chi connectivity index (χ0) is 24.7. The lowest BCUT2D eigenvalue weighted by Crippen LogP contribution is -2.16. The van der Waals surface area contributed by atoms with Crippen LogP contribution in [0.5, 0.6) is 11.5 Å². The molecule has 0 aliphatic heterocycles. The number of halogens is 1. The van der Waals surface area contributed by atoms with Gasteiger partial charge in [0.05, 0.1) is 24.8 Å². The Labute approximate surface area is 196 Å². The van der Waals surface area contributed by atoms with Crippen molar-refractivity contribution in [3.63, 3.8) is 0 Å². The van der Waals surface area contributed by atoms with Crippen LogP contribution in [0.4, 0.5) is 15.8 Å². The summed E-state index contributed by atoms with van der Waals surface area (Å²) in [7, 11) is -1.08. The predicted octanol–water partition coefficient (Wildman–Crippen LogP) is 4.25. The summed E-state index contributed by atoms with van der Waals surface area (Å²) in [6.45, 7) is 0. The molecular weight excluding hydrogens is 463 g/mol. The number of sulfonamides is 1. The quantitative estimate of drug-likeness (QED) is 0.415. The number of carbonyl (C=O) groups is 2. The third-order valence-electron chi connectivity index (χ3n) is 4.84. The summed E-state index contributed by atoms with van der Waals surface area (Å²) >= 11 is 0.